The highest BCUT2D eigenvalue weighted by Crippen LogP contribution is 2.29. The first-order chi connectivity index (χ1) is 10.7. The first kappa shape index (κ1) is 15.8. The molecule has 0 unspecified atom stereocenters. The van der Waals surface area contributed by atoms with Gasteiger partial charge in [0.25, 0.3) is 5.91 Å². The number of benzene rings is 1. The van der Waals surface area contributed by atoms with Crippen LogP contribution in [0.3, 0.4) is 0 Å². The van der Waals surface area contributed by atoms with E-state index in [1.165, 1.54) is 11.3 Å². The lowest BCUT2D eigenvalue weighted by Crippen LogP contribution is -2.25. The van der Waals surface area contributed by atoms with Gasteiger partial charge in [0.05, 0.1) is 0 Å². The Bertz CT molecular complexity index is 742. The minimum absolute atomic E-state index is 0. The zero-order valence-electron chi connectivity index (χ0n) is 13.0. The minimum atomic E-state index is -0.151. The van der Waals surface area contributed by atoms with Crippen molar-refractivity contribution in [3.63, 3.8) is 0 Å². The molecule has 2 aliphatic rings. The molecule has 0 atom stereocenters. The van der Waals surface area contributed by atoms with E-state index in [2.05, 4.69) is 38.8 Å². The number of nitrogens with zero attached hydrogens (tertiary/aromatic N) is 2. The highest BCUT2D eigenvalue weighted by Gasteiger charge is 2.22. The molecule has 0 bridgehead atoms. The molecular formula is C16H20ClN5O. The Morgan fingerprint density at radius 1 is 1.35 bits per heavy atom. The van der Waals surface area contributed by atoms with Gasteiger partial charge < -0.3 is 15.5 Å². The average molecular weight is 334 g/mol. The van der Waals surface area contributed by atoms with Crippen molar-refractivity contribution in [3.8, 4) is 0 Å². The third-order valence-electron chi connectivity index (χ3n) is 4.49. The van der Waals surface area contributed by atoms with Crippen LogP contribution in [0.15, 0.2) is 18.2 Å². The number of nitrogens with one attached hydrogen (secondary N) is 3. The van der Waals surface area contributed by atoms with Gasteiger partial charge in [-0.3, -0.25) is 9.89 Å². The summed E-state index contributed by atoms with van der Waals surface area (Å²) in [5, 5.41) is 13.4. The summed E-state index contributed by atoms with van der Waals surface area (Å²) in [5.41, 5.74) is 5.90. The summed E-state index contributed by atoms with van der Waals surface area (Å²) in [4.78, 5) is 14.7. The third-order valence-corrected chi connectivity index (χ3v) is 4.49. The number of carbonyl (C=O) groups excluding carboxylic acids is 1. The number of rotatable bonds is 2. The molecule has 3 N–H and O–H groups in total. The van der Waals surface area contributed by atoms with Crippen molar-refractivity contribution < 1.29 is 4.79 Å². The predicted molar refractivity (Wildman–Crippen MR) is 92.6 cm³/mol. The fraction of sp³-hybridized carbons (Fsp3) is 0.375. The number of H-pyrrole nitrogens is 1. The van der Waals surface area contributed by atoms with Crippen molar-refractivity contribution >= 4 is 29.7 Å². The highest BCUT2D eigenvalue weighted by atomic mass is 35.5. The fourth-order valence-corrected chi connectivity index (χ4v) is 3.22. The zero-order valence-corrected chi connectivity index (χ0v) is 13.8. The standard InChI is InChI=1S/C16H19N5O.ClH/c1-21-7-5-10-2-3-11(8-14(10)21)18-16(22)15-12-9-17-6-4-13(12)19-20-15;/h2-3,8,17H,4-7,9H2,1H3,(H,18,22)(H,19,20);1H. The molecule has 0 saturated heterocycles. The summed E-state index contributed by atoms with van der Waals surface area (Å²) in [6.07, 6.45) is 1.96. The van der Waals surface area contributed by atoms with E-state index in [9.17, 15) is 4.79 Å². The van der Waals surface area contributed by atoms with Gasteiger partial charge in [-0.2, -0.15) is 5.10 Å². The lowest BCUT2D eigenvalue weighted by atomic mass is 10.1. The summed E-state index contributed by atoms with van der Waals surface area (Å²) in [6.45, 7) is 2.65. The first-order valence-corrected chi connectivity index (χ1v) is 7.64. The Balaban J connectivity index is 0.00000156. The maximum Gasteiger partial charge on any atom is 0.276 e. The van der Waals surface area contributed by atoms with Crippen LogP contribution < -0.4 is 15.5 Å². The molecule has 122 valence electrons. The van der Waals surface area contributed by atoms with Crippen molar-refractivity contribution in [1.82, 2.24) is 15.5 Å². The molecule has 4 rings (SSSR count). The summed E-state index contributed by atoms with van der Waals surface area (Å²) in [7, 11) is 2.08. The van der Waals surface area contributed by atoms with E-state index in [4.69, 9.17) is 0 Å². The molecule has 6 nitrogen and oxygen atoms in total. The van der Waals surface area contributed by atoms with E-state index >= 15 is 0 Å². The second-order valence-electron chi connectivity index (χ2n) is 5.93. The minimum Gasteiger partial charge on any atom is -0.374 e. The first-order valence-electron chi connectivity index (χ1n) is 7.64. The van der Waals surface area contributed by atoms with E-state index in [1.54, 1.807) is 0 Å². The average Bonchev–Trinajstić information content (AvgIpc) is 3.12. The normalized spacial score (nSPS) is 15.6. The molecular weight excluding hydrogens is 314 g/mol. The smallest absolute Gasteiger partial charge is 0.276 e. The lowest BCUT2D eigenvalue weighted by Gasteiger charge is -2.14. The Hall–Kier alpha value is -2.05. The Kier molecular flexibility index (Phi) is 4.28. The Labute approximate surface area is 141 Å². The second kappa shape index (κ2) is 6.22. The molecule has 2 aliphatic heterocycles. The summed E-state index contributed by atoms with van der Waals surface area (Å²) in [5.74, 6) is -0.151. The molecule has 2 aromatic rings. The summed E-state index contributed by atoms with van der Waals surface area (Å²) >= 11 is 0. The lowest BCUT2D eigenvalue weighted by molar-refractivity contribution is 0.102. The number of halogens is 1. The largest absolute Gasteiger partial charge is 0.374 e. The number of amides is 1. The number of hydrogen-bond donors (Lipinski definition) is 3. The van der Waals surface area contributed by atoms with Crippen molar-refractivity contribution in [2.24, 2.45) is 0 Å². The van der Waals surface area contributed by atoms with Crippen LogP contribution in [-0.2, 0) is 19.4 Å². The van der Waals surface area contributed by atoms with E-state index in [1.807, 2.05) is 12.1 Å². The molecule has 0 saturated carbocycles. The number of carbonyl (C=O) groups is 1. The molecule has 0 aliphatic carbocycles. The second-order valence-corrected chi connectivity index (χ2v) is 5.93. The molecule has 3 heterocycles. The van der Waals surface area contributed by atoms with Crippen LogP contribution in [0, 0.1) is 0 Å². The number of aromatic amines is 1. The fourth-order valence-electron chi connectivity index (χ4n) is 3.22. The molecule has 7 heteroatoms. The van der Waals surface area contributed by atoms with Gasteiger partial charge in [0.15, 0.2) is 5.69 Å². The van der Waals surface area contributed by atoms with Gasteiger partial charge in [0.1, 0.15) is 0 Å². The van der Waals surface area contributed by atoms with Gasteiger partial charge >= 0.3 is 0 Å². The van der Waals surface area contributed by atoms with Gasteiger partial charge in [0.2, 0.25) is 0 Å². The number of likely N-dealkylation sites (N-methyl/N-ethyl adjacent to an activating group) is 1. The van der Waals surface area contributed by atoms with Gasteiger partial charge in [-0.1, -0.05) is 6.07 Å². The number of anilines is 2. The maximum absolute atomic E-state index is 12.5. The maximum atomic E-state index is 12.5. The number of aromatic nitrogens is 2. The number of fused-ring (bicyclic) bond motifs is 2. The van der Waals surface area contributed by atoms with E-state index in [0.717, 1.165) is 42.9 Å². The van der Waals surface area contributed by atoms with E-state index < -0.39 is 0 Å². The SMILES string of the molecule is CN1CCc2ccc(NC(=O)c3n[nH]c4c3CNCC4)cc21.Cl. The van der Waals surface area contributed by atoms with Crippen LogP contribution in [0.1, 0.15) is 27.3 Å². The molecule has 0 spiro atoms. The molecule has 23 heavy (non-hydrogen) atoms. The van der Waals surface area contributed by atoms with Crippen LogP contribution in [0.25, 0.3) is 0 Å². The quantitative estimate of drug-likeness (QED) is 0.782. The van der Waals surface area contributed by atoms with Crippen LogP contribution in [0.5, 0.6) is 0 Å². The predicted octanol–water partition coefficient (Wildman–Crippen LogP) is 1.72. The van der Waals surface area contributed by atoms with Crippen LogP contribution in [-0.4, -0.2) is 36.2 Å². The zero-order chi connectivity index (χ0) is 15.1. The van der Waals surface area contributed by atoms with Gasteiger partial charge in [0, 0.05) is 55.7 Å². The van der Waals surface area contributed by atoms with Crippen LogP contribution in [0.4, 0.5) is 11.4 Å². The molecule has 1 amide bonds. The molecule has 1 aromatic heterocycles. The van der Waals surface area contributed by atoms with Crippen LogP contribution >= 0.6 is 12.4 Å². The Morgan fingerprint density at radius 2 is 2.22 bits per heavy atom. The van der Waals surface area contributed by atoms with Gasteiger partial charge in [-0.25, -0.2) is 0 Å². The van der Waals surface area contributed by atoms with Crippen molar-refractivity contribution in [2.45, 2.75) is 19.4 Å². The van der Waals surface area contributed by atoms with Gasteiger partial charge in [-0.15, -0.1) is 12.4 Å². The third kappa shape index (κ3) is 2.80. The van der Waals surface area contributed by atoms with Crippen molar-refractivity contribution in [3.05, 3.63) is 40.7 Å². The van der Waals surface area contributed by atoms with E-state index in [-0.39, 0.29) is 18.3 Å². The Morgan fingerprint density at radius 3 is 3.09 bits per heavy atom. The number of hydrogen-bond acceptors (Lipinski definition) is 4. The summed E-state index contributed by atoms with van der Waals surface area (Å²) < 4.78 is 0. The van der Waals surface area contributed by atoms with Crippen molar-refractivity contribution in [1.29, 1.82) is 0 Å². The van der Waals surface area contributed by atoms with Crippen LogP contribution in [0.2, 0.25) is 0 Å². The van der Waals surface area contributed by atoms with Crippen molar-refractivity contribution in [2.75, 3.05) is 30.4 Å². The van der Waals surface area contributed by atoms with Gasteiger partial charge in [-0.05, 0) is 24.1 Å². The molecule has 0 radical (unpaired) electrons. The summed E-state index contributed by atoms with van der Waals surface area (Å²) in [6, 6.07) is 6.10. The monoisotopic (exact) mass is 333 g/mol. The van der Waals surface area contributed by atoms with E-state index in [0.29, 0.717) is 12.2 Å². The molecule has 1 aromatic carbocycles. The highest BCUT2D eigenvalue weighted by molar-refractivity contribution is 6.04. The topological polar surface area (TPSA) is 73.0 Å². The molecule has 0 fully saturated rings.